The van der Waals surface area contributed by atoms with Crippen molar-refractivity contribution in [1.82, 2.24) is 10.3 Å². The van der Waals surface area contributed by atoms with Crippen LogP contribution in [-0.4, -0.2) is 16.9 Å². The smallest absolute Gasteiger partial charge is 0.233 e. The van der Waals surface area contributed by atoms with Crippen LogP contribution in [0.2, 0.25) is 0 Å². The lowest BCUT2D eigenvalue weighted by Crippen LogP contribution is -2.32. The predicted molar refractivity (Wildman–Crippen MR) is 78.4 cm³/mol. The molecule has 0 saturated heterocycles. The molecule has 3 heteroatoms. The summed E-state index contributed by atoms with van der Waals surface area (Å²) in [6.07, 6.45) is 3.92. The Morgan fingerprint density at radius 2 is 1.95 bits per heavy atom. The lowest BCUT2D eigenvalue weighted by Gasteiger charge is -2.18. The maximum Gasteiger partial charge on any atom is 0.233 e. The van der Waals surface area contributed by atoms with Gasteiger partial charge in [-0.25, -0.2) is 0 Å². The summed E-state index contributed by atoms with van der Waals surface area (Å²) in [4.78, 5) is 17.0. The van der Waals surface area contributed by atoms with Gasteiger partial charge in [-0.3, -0.25) is 9.78 Å². The Balaban J connectivity index is 1.98. The van der Waals surface area contributed by atoms with Gasteiger partial charge < -0.3 is 5.32 Å². The zero-order chi connectivity index (χ0) is 13.9. The number of benzene rings is 1. The molecule has 1 fully saturated rings. The van der Waals surface area contributed by atoms with E-state index in [2.05, 4.69) is 10.3 Å². The van der Waals surface area contributed by atoms with Crippen molar-refractivity contribution in [2.24, 2.45) is 0 Å². The molecule has 1 aromatic heterocycles. The van der Waals surface area contributed by atoms with E-state index in [1.54, 1.807) is 6.20 Å². The highest BCUT2D eigenvalue weighted by molar-refractivity contribution is 5.87. The molecular weight excluding hydrogens is 248 g/mol. The molecule has 3 rings (SSSR count). The fourth-order valence-corrected chi connectivity index (χ4v) is 2.40. The maximum absolute atomic E-state index is 12.6. The van der Waals surface area contributed by atoms with Crippen molar-refractivity contribution in [2.45, 2.75) is 31.7 Å². The van der Waals surface area contributed by atoms with Crippen LogP contribution in [0.5, 0.6) is 0 Å². The molecule has 0 bridgehead atoms. The van der Waals surface area contributed by atoms with Gasteiger partial charge in [-0.05, 0) is 43.0 Å². The summed E-state index contributed by atoms with van der Waals surface area (Å²) in [5.74, 6) is -0.265. The number of aromatic nitrogens is 1. The van der Waals surface area contributed by atoms with Gasteiger partial charge in [0.2, 0.25) is 5.91 Å². The monoisotopic (exact) mass is 266 g/mol. The van der Waals surface area contributed by atoms with Gasteiger partial charge in [-0.2, -0.15) is 0 Å². The number of hydrogen-bond donors (Lipinski definition) is 1. The fourth-order valence-electron chi connectivity index (χ4n) is 2.40. The Labute approximate surface area is 119 Å². The first kappa shape index (κ1) is 12.9. The normalized spacial score (nSPS) is 15.7. The number of carbonyl (C=O) groups is 1. The third kappa shape index (κ3) is 2.72. The third-order valence-corrected chi connectivity index (χ3v) is 3.67. The summed E-state index contributed by atoms with van der Waals surface area (Å²) in [6.45, 7) is 2.04. The molecule has 1 unspecified atom stereocenters. The molecule has 1 saturated carbocycles. The van der Waals surface area contributed by atoms with Gasteiger partial charge in [0.15, 0.2) is 0 Å². The number of nitrogens with one attached hydrogen (secondary N) is 1. The first-order valence-corrected chi connectivity index (χ1v) is 7.02. The Kier molecular flexibility index (Phi) is 3.50. The zero-order valence-electron chi connectivity index (χ0n) is 11.5. The molecule has 0 radical (unpaired) electrons. The van der Waals surface area contributed by atoms with Crippen LogP contribution in [0.25, 0.3) is 0 Å². The largest absolute Gasteiger partial charge is 0.352 e. The van der Waals surface area contributed by atoms with Crippen LogP contribution in [0.15, 0.2) is 48.7 Å². The number of hydrogen-bond acceptors (Lipinski definition) is 2. The molecule has 1 aliphatic carbocycles. The molecule has 2 aromatic rings. The van der Waals surface area contributed by atoms with Gasteiger partial charge in [-0.1, -0.05) is 30.3 Å². The summed E-state index contributed by atoms with van der Waals surface area (Å²) in [5, 5.41) is 3.10. The zero-order valence-corrected chi connectivity index (χ0v) is 11.5. The van der Waals surface area contributed by atoms with Crippen LogP contribution >= 0.6 is 0 Å². The van der Waals surface area contributed by atoms with Crippen LogP contribution in [0.4, 0.5) is 0 Å². The number of carbonyl (C=O) groups excluding carboxylic acids is 1. The fraction of sp³-hybridized carbons (Fsp3) is 0.294. The van der Waals surface area contributed by atoms with Crippen LogP contribution < -0.4 is 5.32 Å². The van der Waals surface area contributed by atoms with Crippen molar-refractivity contribution < 1.29 is 4.79 Å². The topological polar surface area (TPSA) is 42.0 Å². The lowest BCUT2D eigenvalue weighted by atomic mass is 9.90. The second-order valence-electron chi connectivity index (χ2n) is 5.33. The van der Waals surface area contributed by atoms with E-state index >= 15 is 0 Å². The quantitative estimate of drug-likeness (QED) is 0.924. The second-order valence-corrected chi connectivity index (χ2v) is 5.33. The molecule has 0 spiro atoms. The van der Waals surface area contributed by atoms with E-state index in [1.165, 1.54) is 0 Å². The summed E-state index contributed by atoms with van der Waals surface area (Å²) in [7, 11) is 0. The van der Waals surface area contributed by atoms with Crippen LogP contribution in [-0.2, 0) is 4.79 Å². The summed E-state index contributed by atoms with van der Waals surface area (Å²) >= 11 is 0. The van der Waals surface area contributed by atoms with Gasteiger partial charge in [0.05, 0.1) is 5.69 Å². The lowest BCUT2D eigenvalue weighted by molar-refractivity contribution is -0.121. The SMILES string of the molecule is Cc1ccccc1C(C(=O)NC1CC1)c1ccccn1. The van der Waals surface area contributed by atoms with Gasteiger partial charge in [0.25, 0.3) is 0 Å². The second kappa shape index (κ2) is 5.45. The highest BCUT2D eigenvalue weighted by Crippen LogP contribution is 2.28. The van der Waals surface area contributed by atoms with E-state index in [9.17, 15) is 4.79 Å². The molecule has 1 aliphatic rings. The van der Waals surface area contributed by atoms with E-state index in [-0.39, 0.29) is 11.8 Å². The van der Waals surface area contributed by atoms with E-state index in [0.29, 0.717) is 6.04 Å². The standard InChI is InChI=1S/C17H18N2O/c1-12-6-2-3-7-14(12)16(15-8-4-5-11-18-15)17(20)19-13-9-10-13/h2-8,11,13,16H,9-10H2,1H3,(H,19,20). The van der Waals surface area contributed by atoms with Crippen molar-refractivity contribution in [3.8, 4) is 0 Å². The first-order chi connectivity index (χ1) is 9.75. The molecule has 3 nitrogen and oxygen atoms in total. The van der Waals surface area contributed by atoms with Crippen LogP contribution in [0.3, 0.4) is 0 Å². The Hall–Kier alpha value is -2.16. The van der Waals surface area contributed by atoms with Crippen molar-refractivity contribution in [2.75, 3.05) is 0 Å². The van der Waals surface area contributed by atoms with Gasteiger partial charge in [-0.15, -0.1) is 0 Å². The molecular formula is C17H18N2O. The van der Waals surface area contributed by atoms with E-state index < -0.39 is 0 Å². The minimum atomic E-state index is -0.321. The number of amides is 1. The Bertz CT molecular complexity index is 605. The van der Waals surface area contributed by atoms with Crippen molar-refractivity contribution in [3.05, 3.63) is 65.5 Å². The minimum Gasteiger partial charge on any atom is -0.352 e. The highest BCUT2D eigenvalue weighted by atomic mass is 16.2. The van der Waals surface area contributed by atoms with E-state index in [4.69, 9.17) is 0 Å². The van der Waals surface area contributed by atoms with Gasteiger partial charge >= 0.3 is 0 Å². The molecule has 1 aromatic carbocycles. The molecule has 20 heavy (non-hydrogen) atoms. The number of pyridine rings is 1. The average molecular weight is 266 g/mol. The third-order valence-electron chi connectivity index (χ3n) is 3.67. The van der Waals surface area contributed by atoms with Gasteiger partial charge in [0.1, 0.15) is 5.92 Å². The Morgan fingerprint density at radius 1 is 1.20 bits per heavy atom. The minimum absolute atomic E-state index is 0.0560. The van der Waals surface area contributed by atoms with Crippen molar-refractivity contribution in [3.63, 3.8) is 0 Å². The molecule has 1 atom stereocenters. The Morgan fingerprint density at radius 3 is 2.60 bits per heavy atom. The predicted octanol–water partition coefficient (Wildman–Crippen LogP) is 2.80. The van der Waals surface area contributed by atoms with E-state index in [0.717, 1.165) is 29.7 Å². The molecule has 0 aliphatic heterocycles. The van der Waals surface area contributed by atoms with E-state index in [1.807, 2.05) is 49.4 Å². The van der Waals surface area contributed by atoms with Crippen molar-refractivity contribution >= 4 is 5.91 Å². The average Bonchev–Trinajstić information content (AvgIpc) is 3.26. The number of aryl methyl sites for hydroxylation is 1. The van der Waals surface area contributed by atoms with Crippen LogP contribution in [0, 0.1) is 6.92 Å². The number of nitrogens with zero attached hydrogens (tertiary/aromatic N) is 1. The van der Waals surface area contributed by atoms with Crippen molar-refractivity contribution in [1.29, 1.82) is 0 Å². The highest BCUT2D eigenvalue weighted by Gasteiger charge is 2.30. The van der Waals surface area contributed by atoms with Gasteiger partial charge in [0, 0.05) is 12.2 Å². The molecule has 1 N–H and O–H groups in total. The maximum atomic E-state index is 12.6. The van der Waals surface area contributed by atoms with Crippen LogP contribution in [0.1, 0.15) is 35.6 Å². The summed E-state index contributed by atoms with van der Waals surface area (Å²) in [6, 6.07) is 14.1. The molecule has 102 valence electrons. The molecule has 1 amide bonds. The summed E-state index contributed by atoms with van der Waals surface area (Å²) < 4.78 is 0. The first-order valence-electron chi connectivity index (χ1n) is 7.02. The number of rotatable bonds is 4. The molecule has 1 heterocycles. The summed E-state index contributed by atoms with van der Waals surface area (Å²) in [5.41, 5.74) is 2.96.